The summed E-state index contributed by atoms with van der Waals surface area (Å²) >= 11 is 5.77. The Morgan fingerprint density at radius 3 is 2.73 bits per heavy atom. The first-order valence-electron chi connectivity index (χ1n) is 3.36. The lowest BCUT2D eigenvalue weighted by atomic mass is 10.3. The lowest BCUT2D eigenvalue weighted by Gasteiger charge is -2.04. The van der Waals surface area contributed by atoms with Crippen LogP contribution in [0.4, 0.5) is 0 Å². The van der Waals surface area contributed by atoms with E-state index in [4.69, 9.17) is 22.1 Å². The third kappa shape index (κ3) is 2.41. The Kier molecular flexibility index (Phi) is 3.20. The van der Waals surface area contributed by atoms with Crippen LogP contribution < -0.4 is 10.5 Å². The standard InChI is InChI=1S/C8H9ClNO/c9-7-3-1-2-4-8(7)11-6-5-10/h1-4,10H,5-6H2. The third-order valence-electron chi connectivity index (χ3n) is 1.20. The zero-order valence-corrected chi connectivity index (χ0v) is 6.77. The van der Waals surface area contributed by atoms with E-state index < -0.39 is 0 Å². The number of hydrogen-bond acceptors (Lipinski definition) is 1. The van der Waals surface area contributed by atoms with Crippen molar-refractivity contribution in [3.05, 3.63) is 29.3 Å². The van der Waals surface area contributed by atoms with Crippen LogP contribution in [-0.2, 0) is 0 Å². The highest BCUT2D eigenvalue weighted by Gasteiger charge is 1.96. The van der Waals surface area contributed by atoms with Gasteiger partial charge in [0.05, 0.1) is 5.02 Å². The molecule has 0 aliphatic heterocycles. The first-order chi connectivity index (χ1) is 5.34. The molecule has 0 amide bonds. The second kappa shape index (κ2) is 4.21. The summed E-state index contributed by atoms with van der Waals surface area (Å²) < 4.78 is 5.17. The fraction of sp³-hybridized carbons (Fsp3) is 0.250. The van der Waals surface area contributed by atoms with Gasteiger partial charge in [-0.25, -0.2) is 0 Å². The van der Waals surface area contributed by atoms with Crippen molar-refractivity contribution >= 4 is 11.6 Å². The lowest BCUT2D eigenvalue weighted by molar-refractivity contribution is 0.326. The van der Waals surface area contributed by atoms with Crippen LogP contribution in [0.2, 0.25) is 5.02 Å². The second-order valence-corrected chi connectivity index (χ2v) is 2.44. The maximum atomic E-state index is 6.85. The number of nitrogens with one attached hydrogen (secondary N) is 1. The second-order valence-electron chi connectivity index (χ2n) is 2.03. The predicted octanol–water partition coefficient (Wildman–Crippen LogP) is 2.00. The summed E-state index contributed by atoms with van der Waals surface area (Å²) in [6.45, 7) is 0.648. The molecule has 0 aliphatic carbocycles. The van der Waals surface area contributed by atoms with Gasteiger partial charge in [0.1, 0.15) is 12.4 Å². The quantitative estimate of drug-likeness (QED) is 0.683. The van der Waals surface area contributed by atoms with Gasteiger partial charge in [0.2, 0.25) is 0 Å². The zero-order chi connectivity index (χ0) is 8.10. The fourth-order valence-electron chi connectivity index (χ4n) is 0.723. The van der Waals surface area contributed by atoms with Crippen LogP contribution in [-0.4, -0.2) is 13.2 Å². The van der Waals surface area contributed by atoms with E-state index in [9.17, 15) is 0 Å². The Labute approximate surface area is 70.9 Å². The Bertz CT molecular complexity index is 227. The molecule has 0 saturated heterocycles. The van der Waals surface area contributed by atoms with E-state index in [1.807, 2.05) is 12.1 Å². The molecular weight excluding hydrogens is 162 g/mol. The van der Waals surface area contributed by atoms with E-state index in [-0.39, 0.29) is 6.54 Å². The molecule has 0 spiro atoms. The monoisotopic (exact) mass is 170 g/mol. The molecule has 1 radical (unpaired) electrons. The van der Waals surface area contributed by atoms with Gasteiger partial charge in [-0.05, 0) is 12.1 Å². The molecule has 1 aromatic carbocycles. The van der Waals surface area contributed by atoms with Gasteiger partial charge >= 0.3 is 0 Å². The Morgan fingerprint density at radius 1 is 1.36 bits per heavy atom. The molecule has 59 valence electrons. The van der Waals surface area contributed by atoms with Crippen molar-refractivity contribution in [3.63, 3.8) is 0 Å². The minimum atomic E-state index is 0.255. The van der Waals surface area contributed by atoms with Crippen LogP contribution in [0.3, 0.4) is 0 Å². The van der Waals surface area contributed by atoms with E-state index >= 15 is 0 Å². The van der Waals surface area contributed by atoms with Gasteiger partial charge in [-0.3, -0.25) is 5.73 Å². The number of hydrogen-bond donors (Lipinski definition) is 0. The Balaban J connectivity index is 2.62. The van der Waals surface area contributed by atoms with Crippen molar-refractivity contribution in [2.75, 3.05) is 13.2 Å². The number of halogens is 1. The van der Waals surface area contributed by atoms with Crippen molar-refractivity contribution in [2.45, 2.75) is 0 Å². The van der Waals surface area contributed by atoms with E-state index in [1.54, 1.807) is 12.1 Å². The van der Waals surface area contributed by atoms with Crippen LogP contribution in [0.5, 0.6) is 5.75 Å². The molecule has 1 aromatic rings. The topological polar surface area (TPSA) is 33.0 Å². The summed E-state index contributed by atoms with van der Waals surface area (Å²) in [5, 5.41) is 0.598. The number of benzene rings is 1. The first kappa shape index (κ1) is 8.37. The summed E-state index contributed by atoms with van der Waals surface area (Å²) in [7, 11) is 0. The predicted molar refractivity (Wildman–Crippen MR) is 44.9 cm³/mol. The van der Waals surface area contributed by atoms with E-state index in [1.165, 1.54) is 0 Å². The highest BCUT2D eigenvalue weighted by molar-refractivity contribution is 6.32. The Hall–Kier alpha value is -0.730. The Morgan fingerprint density at radius 2 is 2.09 bits per heavy atom. The van der Waals surface area contributed by atoms with Gasteiger partial charge in [0.25, 0.3) is 0 Å². The third-order valence-corrected chi connectivity index (χ3v) is 1.51. The summed E-state index contributed by atoms with van der Waals surface area (Å²) in [6, 6.07) is 7.25. The lowest BCUT2D eigenvalue weighted by Crippen LogP contribution is -2.02. The van der Waals surface area contributed by atoms with Gasteiger partial charge in [-0.1, -0.05) is 23.7 Å². The minimum Gasteiger partial charge on any atom is -0.491 e. The van der Waals surface area contributed by atoms with Crippen LogP contribution >= 0.6 is 11.6 Å². The molecule has 2 nitrogen and oxygen atoms in total. The molecule has 0 saturated carbocycles. The first-order valence-corrected chi connectivity index (χ1v) is 3.74. The molecule has 0 unspecified atom stereocenters. The SMILES string of the molecule is [NH]CCOc1ccccc1Cl. The van der Waals surface area contributed by atoms with Gasteiger partial charge in [0, 0.05) is 6.54 Å². The minimum absolute atomic E-state index is 0.255. The van der Waals surface area contributed by atoms with Crippen molar-refractivity contribution in [1.29, 1.82) is 0 Å². The van der Waals surface area contributed by atoms with Crippen molar-refractivity contribution in [3.8, 4) is 5.75 Å². The highest BCUT2D eigenvalue weighted by Crippen LogP contribution is 2.22. The van der Waals surface area contributed by atoms with Crippen LogP contribution in [0.1, 0.15) is 0 Å². The molecule has 1 N–H and O–H groups in total. The zero-order valence-electron chi connectivity index (χ0n) is 6.01. The number of rotatable bonds is 3. The van der Waals surface area contributed by atoms with Gasteiger partial charge < -0.3 is 4.74 Å². The van der Waals surface area contributed by atoms with E-state index in [0.29, 0.717) is 17.4 Å². The summed E-state index contributed by atoms with van der Waals surface area (Å²) in [4.78, 5) is 0. The normalized spacial score (nSPS) is 9.64. The summed E-state index contributed by atoms with van der Waals surface area (Å²) in [5.74, 6) is 0.654. The van der Waals surface area contributed by atoms with Crippen molar-refractivity contribution < 1.29 is 4.74 Å². The molecule has 0 atom stereocenters. The van der Waals surface area contributed by atoms with Gasteiger partial charge in [-0.2, -0.15) is 0 Å². The number of para-hydroxylation sites is 1. The molecular formula is C8H9ClNO. The fourth-order valence-corrected chi connectivity index (χ4v) is 0.913. The van der Waals surface area contributed by atoms with Crippen LogP contribution in [0.25, 0.3) is 0 Å². The molecule has 1 rings (SSSR count). The van der Waals surface area contributed by atoms with E-state index in [2.05, 4.69) is 0 Å². The van der Waals surface area contributed by atoms with Gasteiger partial charge in [-0.15, -0.1) is 0 Å². The number of ether oxygens (including phenoxy) is 1. The molecule has 0 heterocycles. The average molecular weight is 171 g/mol. The smallest absolute Gasteiger partial charge is 0.137 e. The van der Waals surface area contributed by atoms with Crippen LogP contribution in [0.15, 0.2) is 24.3 Å². The van der Waals surface area contributed by atoms with Crippen LogP contribution in [0, 0.1) is 0 Å². The average Bonchev–Trinajstić information content (AvgIpc) is 2.03. The maximum absolute atomic E-state index is 6.85. The highest BCUT2D eigenvalue weighted by atomic mass is 35.5. The molecule has 11 heavy (non-hydrogen) atoms. The summed E-state index contributed by atoms with van der Waals surface area (Å²) in [6.07, 6.45) is 0. The molecule has 3 heteroatoms. The van der Waals surface area contributed by atoms with Crippen molar-refractivity contribution in [1.82, 2.24) is 5.73 Å². The molecule has 0 aliphatic rings. The van der Waals surface area contributed by atoms with Gasteiger partial charge in [0.15, 0.2) is 0 Å². The largest absolute Gasteiger partial charge is 0.491 e. The molecule has 0 fully saturated rings. The van der Waals surface area contributed by atoms with Crippen molar-refractivity contribution in [2.24, 2.45) is 0 Å². The summed E-state index contributed by atoms with van der Waals surface area (Å²) in [5.41, 5.74) is 6.85. The van der Waals surface area contributed by atoms with E-state index in [0.717, 1.165) is 0 Å². The molecule has 0 bridgehead atoms. The maximum Gasteiger partial charge on any atom is 0.137 e. The molecule has 0 aromatic heterocycles.